The summed E-state index contributed by atoms with van der Waals surface area (Å²) in [4.78, 5) is 11.5. The summed E-state index contributed by atoms with van der Waals surface area (Å²) in [5.74, 6) is 2.08. The Labute approximate surface area is 136 Å². The zero-order valence-corrected chi connectivity index (χ0v) is 13.2. The minimum atomic E-state index is 0.0183. The number of nitrogens with one attached hydrogen (secondary N) is 1. The van der Waals surface area contributed by atoms with E-state index in [0.717, 1.165) is 5.56 Å². The summed E-state index contributed by atoms with van der Waals surface area (Å²) >= 11 is 0. The molecule has 3 N–H and O–H groups in total. The number of methoxy groups -OCH3 is 1. The van der Waals surface area contributed by atoms with Crippen molar-refractivity contribution in [2.75, 3.05) is 13.7 Å². The van der Waals surface area contributed by atoms with E-state index >= 15 is 0 Å². The van der Waals surface area contributed by atoms with Gasteiger partial charge in [-0.15, -0.1) is 0 Å². The zero-order chi connectivity index (χ0) is 16.5. The first-order chi connectivity index (χ1) is 11.2. The Balaban J connectivity index is 1.90. The van der Waals surface area contributed by atoms with Gasteiger partial charge in [-0.3, -0.25) is 4.79 Å². The number of carbonyl (C=O) groups is 1. The number of carbonyl (C=O) groups excluding carboxylic acids is 1. The third-order valence-corrected chi connectivity index (χ3v) is 3.32. The average Bonchev–Trinajstić information content (AvgIpc) is 2.59. The maximum absolute atomic E-state index is 11.5. The first-order valence-electron chi connectivity index (χ1n) is 7.59. The predicted molar refractivity (Wildman–Crippen MR) is 89.6 cm³/mol. The van der Waals surface area contributed by atoms with Crippen LogP contribution in [0.25, 0.3) is 0 Å². The van der Waals surface area contributed by atoms with Gasteiger partial charge < -0.3 is 20.5 Å². The number of ether oxygens (including phenoxy) is 2. The summed E-state index contributed by atoms with van der Waals surface area (Å²) in [6.07, 6.45) is 1.17. The molecule has 0 atom stereocenters. The molecule has 2 rings (SSSR count). The quantitative estimate of drug-likeness (QED) is 0.786. The van der Waals surface area contributed by atoms with Crippen LogP contribution in [-0.4, -0.2) is 19.6 Å². The third-order valence-electron chi connectivity index (χ3n) is 3.32. The van der Waals surface area contributed by atoms with Gasteiger partial charge in [-0.1, -0.05) is 24.3 Å². The molecule has 0 spiro atoms. The van der Waals surface area contributed by atoms with Gasteiger partial charge in [0.15, 0.2) is 11.5 Å². The largest absolute Gasteiger partial charge is 0.493 e. The highest BCUT2D eigenvalue weighted by molar-refractivity contribution is 5.75. The van der Waals surface area contributed by atoms with Crippen molar-refractivity contribution in [3.8, 4) is 17.2 Å². The Hall–Kier alpha value is -2.53. The van der Waals surface area contributed by atoms with Crippen molar-refractivity contribution in [3.05, 3.63) is 54.1 Å². The van der Waals surface area contributed by atoms with E-state index in [1.807, 2.05) is 48.5 Å². The van der Waals surface area contributed by atoms with Gasteiger partial charge in [0, 0.05) is 13.0 Å². The lowest BCUT2D eigenvalue weighted by molar-refractivity contribution is -0.121. The van der Waals surface area contributed by atoms with Gasteiger partial charge in [0.25, 0.3) is 0 Å². The molecule has 0 fully saturated rings. The molecule has 0 aromatic heterocycles. The number of benzene rings is 2. The molecular formula is C18H22N2O3. The number of amides is 1. The van der Waals surface area contributed by atoms with E-state index in [1.165, 1.54) is 0 Å². The standard InChI is InChI=1S/C18H22N2O3/c1-22-16-5-2-3-6-17(16)23-15-10-8-14(9-11-15)13-20-18(21)7-4-12-19/h2-3,5-6,8-11H,4,7,12-13,19H2,1H3,(H,20,21). The van der Waals surface area contributed by atoms with Crippen molar-refractivity contribution in [2.24, 2.45) is 5.73 Å². The smallest absolute Gasteiger partial charge is 0.220 e. The van der Waals surface area contributed by atoms with Gasteiger partial charge in [-0.25, -0.2) is 0 Å². The molecule has 1 amide bonds. The van der Waals surface area contributed by atoms with E-state index in [-0.39, 0.29) is 5.91 Å². The summed E-state index contributed by atoms with van der Waals surface area (Å²) in [5.41, 5.74) is 6.39. The van der Waals surface area contributed by atoms with E-state index in [1.54, 1.807) is 7.11 Å². The first kappa shape index (κ1) is 16.8. The predicted octanol–water partition coefficient (Wildman–Crippen LogP) is 2.84. The van der Waals surface area contributed by atoms with Gasteiger partial charge >= 0.3 is 0 Å². The Morgan fingerprint density at radius 1 is 1.09 bits per heavy atom. The van der Waals surface area contributed by atoms with Crippen LogP contribution < -0.4 is 20.5 Å². The van der Waals surface area contributed by atoms with Crippen LogP contribution >= 0.6 is 0 Å². The molecule has 23 heavy (non-hydrogen) atoms. The minimum absolute atomic E-state index is 0.0183. The second-order valence-electron chi connectivity index (χ2n) is 5.07. The number of nitrogens with two attached hydrogens (primary N) is 1. The zero-order valence-electron chi connectivity index (χ0n) is 13.2. The fourth-order valence-corrected chi connectivity index (χ4v) is 2.06. The highest BCUT2D eigenvalue weighted by atomic mass is 16.5. The molecule has 0 saturated heterocycles. The lowest BCUT2D eigenvalue weighted by Gasteiger charge is -2.10. The Morgan fingerprint density at radius 2 is 1.78 bits per heavy atom. The van der Waals surface area contributed by atoms with Crippen LogP contribution in [0.15, 0.2) is 48.5 Å². The van der Waals surface area contributed by atoms with Crippen LogP contribution in [0.5, 0.6) is 17.2 Å². The van der Waals surface area contributed by atoms with Crippen LogP contribution in [0.4, 0.5) is 0 Å². The van der Waals surface area contributed by atoms with Crippen molar-refractivity contribution in [3.63, 3.8) is 0 Å². The molecule has 2 aromatic rings. The number of para-hydroxylation sites is 2. The normalized spacial score (nSPS) is 10.2. The van der Waals surface area contributed by atoms with Crippen LogP contribution in [-0.2, 0) is 11.3 Å². The fraction of sp³-hybridized carbons (Fsp3) is 0.278. The molecule has 0 unspecified atom stereocenters. The second kappa shape index (κ2) is 8.80. The van der Waals surface area contributed by atoms with Crippen molar-refractivity contribution in [2.45, 2.75) is 19.4 Å². The van der Waals surface area contributed by atoms with Crippen molar-refractivity contribution in [1.29, 1.82) is 0 Å². The topological polar surface area (TPSA) is 73.6 Å². The molecule has 5 nitrogen and oxygen atoms in total. The monoisotopic (exact) mass is 314 g/mol. The number of rotatable bonds is 8. The van der Waals surface area contributed by atoms with E-state index < -0.39 is 0 Å². The van der Waals surface area contributed by atoms with E-state index in [2.05, 4.69) is 5.32 Å². The first-order valence-corrected chi connectivity index (χ1v) is 7.59. The van der Waals surface area contributed by atoms with Crippen LogP contribution in [0.3, 0.4) is 0 Å². The second-order valence-corrected chi connectivity index (χ2v) is 5.07. The van der Waals surface area contributed by atoms with Crippen molar-refractivity contribution in [1.82, 2.24) is 5.32 Å². The molecule has 0 heterocycles. The highest BCUT2D eigenvalue weighted by Gasteiger charge is 2.05. The third kappa shape index (κ3) is 5.30. The molecular weight excluding hydrogens is 292 g/mol. The van der Waals surface area contributed by atoms with Crippen LogP contribution in [0.1, 0.15) is 18.4 Å². The fourth-order valence-electron chi connectivity index (χ4n) is 2.06. The molecule has 2 aromatic carbocycles. The SMILES string of the molecule is COc1ccccc1Oc1ccc(CNC(=O)CCCN)cc1. The average molecular weight is 314 g/mol. The maximum Gasteiger partial charge on any atom is 0.220 e. The molecule has 0 radical (unpaired) electrons. The number of hydrogen-bond acceptors (Lipinski definition) is 4. The molecule has 0 aliphatic heterocycles. The van der Waals surface area contributed by atoms with Crippen molar-refractivity contribution >= 4 is 5.91 Å². The van der Waals surface area contributed by atoms with Gasteiger partial charge in [0.05, 0.1) is 7.11 Å². The Kier molecular flexibility index (Phi) is 6.44. The van der Waals surface area contributed by atoms with E-state index in [9.17, 15) is 4.79 Å². The molecule has 122 valence electrons. The summed E-state index contributed by atoms with van der Waals surface area (Å²) < 4.78 is 11.1. The van der Waals surface area contributed by atoms with E-state index in [0.29, 0.717) is 43.2 Å². The van der Waals surface area contributed by atoms with E-state index in [4.69, 9.17) is 15.2 Å². The molecule has 0 aliphatic rings. The molecule has 0 saturated carbocycles. The summed E-state index contributed by atoms with van der Waals surface area (Å²) in [6.45, 7) is 1.03. The van der Waals surface area contributed by atoms with Gasteiger partial charge in [-0.05, 0) is 42.8 Å². The van der Waals surface area contributed by atoms with Crippen LogP contribution in [0, 0.1) is 0 Å². The minimum Gasteiger partial charge on any atom is -0.493 e. The van der Waals surface area contributed by atoms with Crippen LogP contribution in [0.2, 0.25) is 0 Å². The Bertz CT molecular complexity index is 626. The Morgan fingerprint density at radius 3 is 2.43 bits per heavy atom. The maximum atomic E-state index is 11.5. The molecule has 0 aliphatic carbocycles. The molecule has 0 bridgehead atoms. The van der Waals surface area contributed by atoms with Crippen molar-refractivity contribution < 1.29 is 14.3 Å². The van der Waals surface area contributed by atoms with Gasteiger partial charge in [0.1, 0.15) is 5.75 Å². The van der Waals surface area contributed by atoms with Gasteiger partial charge in [0.2, 0.25) is 5.91 Å². The summed E-state index contributed by atoms with van der Waals surface area (Å²) in [6, 6.07) is 15.1. The highest BCUT2D eigenvalue weighted by Crippen LogP contribution is 2.30. The lowest BCUT2D eigenvalue weighted by Crippen LogP contribution is -2.23. The lowest BCUT2D eigenvalue weighted by atomic mass is 10.2. The summed E-state index contributed by atoms with van der Waals surface area (Å²) in [5, 5.41) is 2.87. The number of hydrogen-bond donors (Lipinski definition) is 2. The molecule has 5 heteroatoms. The van der Waals surface area contributed by atoms with Gasteiger partial charge in [-0.2, -0.15) is 0 Å². The summed E-state index contributed by atoms with van der Waals surface area (Å²) in [7, 11) is 1.61.